The summed E-state index contributed by atoms with van der Waals surface area (Å²) in [5.41, 5.74) is 25.5. The summed E-state index contributed by atoms with van der Waals surface area (Å²) in [6.45, 7) is -0.766. The Morgan fingerprint density at radius 2 is 0.568 bits per heavy atom. The van der Waals surface area contributed by atoms with E-state index in [4.69, 9.17) is 14.2 Å². The largest absolute Gasteiger partial charge is 0.459 e. The highest BCUT2D eigenvalue weighted by molar-refractivity contribution is 7.04. The summed E-state index contributed by atoms with van der Waals surface area (Å²) in [5, 5.41) is 0. The van der Waals surface area contributed by atoms with Crippen molar-refractivity contribution < 1.29 is 14.2 Å². The SMILES string of the molecule is c1ccc(N(c2ccccc2)c2cc3c4c(c2)N(c2ccccc2)c2ccccc2B4c2cc4c(cc2O3)N(c2ccccc2)c2cc3c(c5c2B4c2ccccc2O5)B2c4ccccc4Oc4cc(N(c5ccccc5)c5ccccc5)cc(c42)N3c2ccccc2)cc1. The normalized spacial score (nSPS) is 13.4. The number of rotatable bonds is 9. The maximum Gasteiger partial charge on any atom is 0.261 e. The van der Waals surface area contributed by atoms with Crippen LogP contribution in [0.3, 0.4) is 0 Å². The molecule has 0 bridgehead atoms. The zero-order valence-electron chi connectivity index (χ0n) is 51.4. The molecule has 6 aliphatic rings. The van der Waals surface area contributed by atoms with Crippen LogP contribution in [0, 0.1) is 0 Å². The van der Waals surface area contributed by atoms with Gasteiger partial charge in [0.15, 0.2) is 0 Å². The fraction of sp³-hybridized carbons (Fsp3) is 0. The molecule has 14 aromatic rings. The first-order valence-electron chi connectivity index (χ1n) is 32.6. The molecule has 0 unspecified atom stereocenters. The predicted molar refractivity (Wildman–Crippen MR) is 393 cm³/mol. The van der Waals surface area contributed by atoms with Crippen molar-refractivity contribution in [2.45, 2.75) is 0 Å². The van der Waals surface area contributed by atoms with Crippen LogP contribution in [0.15, 0.2) is 328 Å². The van der Waals surface area contributed by atoms with Crippen LogP contribution in [0.1, 0.15) is 0 Å². The maximum atomic E-state index is 7.79. The van der Waals surface area contributed by atoms with E-state index in [0.717, 1.165) is 158 Å². The molecule has 6 heterocycles. The molecular weight excluding hydrogens is 1160 g/mol. The van der Waals surface area contributed by atoms with E-state index in [1.165, 1.54) is 10.9 Å². The zero-order chi connectivity index (χ0) is 62.2. The number of nitrogens with zero attached hydrogens (tertiary/aromatic N) is 5. The molecule has 442 valence electrons. The molecule has 0 spiro atoms. The minimum atomic E-state index is -0.295. The summed E-state index contributed by atoms with van der Waals surface area (Å²) in [7, 11) is 0. The number of fused-ring (bicyclic) bond motifs is 13. The lowest BCUT2D eigenvalue weighted by molar-refractivity contribution is 0.486. The average molecular weight is 1210 g/mol. The van der Waals surface area contributed by atoms with Gasteiger partial charge in [0.25, 0.3) is 20.1 Å². The zero-order valence-corrected chi connectivity index (χ0v) is 51.4. The molecule has 95 heavy (non-hydrogen) atoms. The van der Waals surface area contributed by atoms with Crippen molar-refractivity contribution >= 4 is 155 Å². The van der Waals surface area contributed by atoms with Gasteiger partial charge in [0.2, 0.25) is 0 Å². The van der Waals surface area contributed by atoms with Crippen molar-refractivity contribution in [3.63, 3.8) is 0 Å². The Labute approximate surface area is 552 Å². The monoisotopic (exact) mass is 1210 g/mol. The highest BCUT2D eigenvalue weighted by atomic mass is 16.5. The van der Waals surface area contributed by atoms with E-state index < -0.39 is 0 Å². The fourth-order valence-corrected chi connectivity index (χ4v) is 16.1. The molecule has 0 aliphatic carbocycles. The third-order valence-electron chi connectivity index (χ3n) is 19.9. The highest BCUT2D eigenvalue weighted by Gasteiger charge is 2.52. The summed E-state index contributed by atoms with van der Waals surface area (Å²) < 4.78 is 22.8. The van der Waals surface area contributed by atoms with Crippen molar-refractivity contribution in [3.05, 3.63) is 328 Å². The molecule has 0 N–H and O–H groups in total. The first kappa shape index (κ1) is 53.3. The van der Waals surface area contributed by atoms with E-state index in [2.05, 4.69) is 352 Å². The summed E-state index contributed by atoms with van der Waals surface area (Å²) >= 11 is 0. The topological polar surface area (TPSA) is 43.9 Å². The summed E-state index contributed by atoms with van der Waals surface area (Å²) in [5.74, 6) is 4.91. The van der Waals surface area contributed by atoms with E-state index in [0.29, 0.717) is 0 Å². The average Bonchev–Trinajstić information content (AvgIpc) is 0.694. The van der Waals surface area contributed by atoms with Crippen LogP contribution in [-0.2, 0) is 0 Å². The molecule has 0 atom stereocenters. The van der Waals surface area contributed by atoms with E-state index in [-0.39, 0.29) is 20.1 Å². The van der Waals surface area contributed by atoms with Crippen LogP contribution < -0.4 is 87.9 Å². The van der Waals surface area contributed by atoms with E-state index in [1.54, 1.807) is 0 Å². The lowest BCUT2D eigenvalue weighted by atomic mass is 9.29. The van der Waals surface area contributed by atoms with Crippen molar-refractivity contribution in [1.29, 1.82) is 0 Å². The van der Waals surface area contributed by atoms with Gasteiger partial charge in [-0.1, -0.05) is 188 Å². The van der Waals surface area contributed by atoms with Crippen LogP contribution in [0.4, 0.5) is 85.3 Å². The second-order valence-corrected chi connectivity index (χ2v) is 25.0. The molecule has 0 fully saturated rings. The van der Waals surface area contributed by atoms with E-state index >= 15 is 0 Å². The van der Waals surface area contributed by atoms with Gasteiger partial charge < -0.3 is 38.7 Å². The maximum absolute atomic E-state index is 7.79. The Kier molecular flexibility index (Phi) is 11.9. The van der Waals surface area contributed by atoms with Crippen LogP contribution in [0.5, 0.6) is 34.5 Å². The predicted octanol–water partition coefficient (Wildman–Crippen LogP) is 15.8. The molecule has 0 saturated heterocycles. The number of anilines is 15. The van der Waals surface area contributed by atoms with Crippen LogP contribution in [0.25, 0.3) is 0 Å². The number of hydrogen-bond donors (Lipinski definition) is 0. The molecule has 0 aromatic heterocycles. The van der Waals surface area contributed by atoms with E-state index in [9.17, 15) is 0 Å². The molecule has 11 heteroatoms. The van der Waals surface area contributed by atoms with Crippen LogP contribution in [-0.4, -0.2) is 20.1 Å². The number of benzene rings is 14. The van der Waals surface area contributed by atoms with Crippen LogP contribution in [0.2, 0.25) is 0 Å². The van der Waals surface area contributed by atoms with Gasteiger partial charge in [0, 0.05) is 92.1 Å². The van der Waals surface area contributed by atoms with Crippen molar-refractivity contribution in [1.82, 2.24) is 0 Å². The molecule has 20 rings (SSSR count). The highest BCUT2D eigenvalue weighted by Crippen LogP contribution is 2.52. The van der Waals surface area contributed by atoms with E-state index in [1.807, 2.05) is 0 Å². The van der Waals surface area contributed by atoms with Gasteiger partial charge in [-0.05, 0) is 170 Å². The van der Waals surface area contributed by atoms with Gasteiger partial charge in [-0.15, -0.1) is 0 Å². The summed E-state index contributed by atoms with van der Waals surface area (Å²) in [6, 6.07) is 118. The van der Waals surface area contributed by atoms with Crippen molar-refractivity contribution in [2.24, 2.45) is 0 Å². The summed E-state index contributed by atoms with van der Waals surface area (Å²) in [4.78, 5) is 12.1. The Morgan fingerprint density at radius 1 is 0.211 bits per heavy atom. The molecular formula is C84H54B3N5O3. The smallest absolute Gasteiger partial charge is 0.261 e. The quantitative estimate of drug-likeness (QED) is 0.133. The molecule has 0 amide bonds. The van der Waals surface area contributed by atoms with Gasteiger partial charge >= 0.3 is 0 Å². The van der Waals surface area contributed by atoms with Crippen molar-refractivity contribution in [3.8, 4) is 34.5 Å². The van der Waals surface area contributed by atoms with Gasteiger partial charge in [0.1, 0.15) is 34.5 Å². The summed E-state index contributed by atoms with van der Waals surface area (Å²) in [6.07, 6.45) is 0. The fourth-order valence-electron chi connectivity index (χ4n) is 16.1. The Morgan fingerprint density at radius 3 is 1.07 bits per heavy atom. The molecule has 14 aromatic carbocycles. The molecule has 8 nitrogen and oxygen atoms in total. The van der Waals surface area contributed by atoms with Gasteiger partial charge in [0.05, 0.1) is 11.4 Å². The Hall–Kier alpha value is -12.3. The first-order valence-corrected chi connectivity index (χ1v) is 32.6. The third-order valence-corrected chi connectivity index (χ3v) is 19.9. The first-order chi connectivity index (χ1) is 47.2. The van der Waals surface area contributed by atoms with Gasteiger partial charge in [-0.3, -0.25) is 0 Å². The minimum Gasteiger partial charge on any atom is -0.459 e. The third kappa shape index (κ3) is 8.12. The second kappa shape index (κ2) is 21.1. The molecule has 0 radical (unpaired) electrons. The lowest BCUT2D eigenvalue weighted by Crippen LogP contribution is -2.66. The number of hydrogen-bond acceptors (Lipinski definition) is 8. The van der Waals surface area contributed by atoms with Crippen molar-refractivity contribution in [2.75, 3.05) is 24.5 Å². The standard InChI is InChI=1S/C84H54B3N5O3/c1-8-28-55(29-9-1)88(56-30-10-2-11-31-56)62-48-71-80-78(50-62)94-77-54-70-67(52-68(77)85(80)64-42-22-25-45-69(64)90(71)59-36-16-5-17-37-59)86-65-43-23-27-47-76(65)95-84-82(86)73(91(70)60-38-18-6-19-39-60)53-74-83(84)87-66-44-24-26-46-75(66)93-79-51-63(49-72(81(79)87)92(74)61-40-20-7-21-41-61)89(57-32-12-3-13-33-57)58-34-14-4-15-35-58/h1-54H. The van der Waals surface area contributed by atoms with Gasteiger partial charge in [-0.25, -0.2) is 0 Å². The minimum absolute atomic E-state index is 0.205. The Balaban J connectivity index is 0.858. The molecule has 6 aliphatic heterocycles. The second-order valence-electron chi connectivity index (χ2n) is 25.0. The number of ether oxygens (including phenoxy) is 3. The molecule has 0 saturated carbocycles. The Bertz CT molecular complexity index is 5330. The lowest BCUT2D eigenvalue weighted by Gasteiger charge is -2.46. The number of para-hydroxylation sites is 10. The van der Waals surface area contributed by atoms with Crippen LogP contribution >= 0.6 is 0 Å². The van der Waals surface area contributed by atoms with Gasteiger partial charge in [-0.2, -0.15) is 0 Å².